The summed E-state index contributed by atoms with van der Waals surface area (Å²) < 4.78 is 5.43. The lowest BCUT2D eigenvalue weighted by atomic mass is 9.94. The summed E-state index contributed by atoms with van der Waals surface area (Å²) in [6, 6.07) is 11.7. The summed E-state index contributed by atoms with van der Waals surface area (Å²) in [5.74, 6) is 0.163. The van der Waals surface area contributed by atoms with Crippen molar-refractivity contribution in [1.82, 2.24) is 20.4 Å². The molecule has 8 nitrogen and oxygen atoms in total. The molecule has 154 valence electrons. The highest BCUT2D eigenvalue weighted by Gasteiger charge is 2.28. The second-order valence-corrected chi connectivity index (χ2v) is 7.30. The van der Waals surface area contributed by atoms with Gasteiger partial charge in [-0.2, -0.15) is 0 Å². The highest BCUT2D eigenvalue weighted by atomic mass is 16.5. The molecule has 0 bridgehead atoms. The maximum Gasteiger partial charge on any atom is 0.273 e. The average Bonchev–Trinajstić information content (AvgIpc) is 3.28. The number of phenols is 1. The van der Waals surface area contributed by atoms with Gasteiger partial charge in [0.05, 0.1) is 0 Å². The molecule has 1 aromatic carbocycles. The zero-order chi connectivity index (χ0) is 20.9. The van der Waals surface area contributed by atoms with E-state index >= 15 is 0 Å². The molecule has 1 fully saturated rings. The number of phenolic OH excluding ortho intramolecular Hbond substituents is 1. The highest BCUT2D eigenvalue weighted by Crippen LogP contribution is 2.28. The molecule has 2 amide bonds. The molecule has 1 saturated heterocycles. The number of nitrogens with zero attached hydrogens (tertiary/aromatic N) is 3. The van der Waals surface area contributed by atoms with E-state index in [1.54, 1.807) is 35.5 Å². The molecule has 1 unspecified atom stereocenters. The maximum atomic E-state index is 12.8. The Morgan fingerprint density at radius 1 is 1.23 bits per heavy atom. The lowest BCUT2D eigenvalue weighted by Crippen LogP contribution is -2.39. The first-order valence-corrected chi connectivity index (χ1v) is 9.82. The molecule has 0 aliphatic carbocycles. The number of hydrogen-bond donors (Lipinski definition) is 2. The minimum absolute atomic E-state index is 0.0348. The number of carbonyl (C=O) groups excluding carboxylic acids is 2. The molecule has 0 radical (unpaired) electrons. The van der Waals surface area contributed by atoms with Crippen LogP contribution in [0, 0.1) is 0 Å². The molecule has 30 heavy (non-hydrogen) atoms. The largest absolute Gasteiger partial charge is 0.508 e. The number of benzene rings is 1. The Labute approximate surface area is 173 Å². The van der Waals surface area contributed by atoms with Crippen LogP contribution in [-0.4, -0.2) is 45.1 Å². The van der Waals surface area contributed by atoms with Crippen LogP contribution in [0.5, 0.6) is 5.75 Å². The number of aromatic hydroxyl groups is 1. The summed E-state index contributed by atoms with van der Waals surface area (Å²) in [4.78, 5) is 30.9. The van der Waals surface area contributed by atoms with Crippen LogP contribution < -0.4 is 5.32 Å². The van der Waals surface area contributed by atoms with Crippen LogP contribution in [0.25, 0.3) is 0 Å². The third-order valence-electron chi connectivity index (χ3n) is 5.14. The minimum atomic E-state index is -0.322. The molecule has 0 saturated carbocycles. The van der Waals surface area contributed by atoms with Crippen LogP contribution >= 0.6 is 0 Å². The molecular formula is C22H22N4O4. The number of aromatic nitrogens is 2. The Morgan fingerprint density at radius 3 is 2.93 bits per heavy atom. The maximum absolute atomic E-state index is 12.8. The molecule has 2 N–H and O–H groups in total. The summed E-state index contributed by atoms with van der Waals surface area (Å²) in [6.45, 7) is 1.46. The Hall–Kier alpha value is -3.68. The van der Waals surface area contributed by atoms with Gasteiger partial charge in [-0.05, 0) is 42.7 Å². The summed E-state index contributed by atoms with van der Waals surface area (Å²) in [7, 11) is 0. The van der Waals surface area contributed by atoms with E-state index < -0.39 is 0 Å². The number of nitrogens with one attached hydrogen (secondary N) is 1. The van der Waals surface area contributed by atoms with Gasteiger partial charge in [-0.1, -0.05) is 17.3 Å². The third kappa shape index (κ3) is 4.48. The zero-order valence-electron chi connectivity index (χ0n) is 16.3. The fourth-order valence-corrected chi connectivity index (χ4v) is 3.58. The van der Waals surface area contributed by atoms with Crippen molar-refractivity contribution in [1.29, 1.82) is 0 Å². The summed E-state index contributed by atoms with van der Waals surface area (Å²) in [5.41, 5.74) is 1.55. The predicted molar refractivity (Wildman–Crippen MR) is 108 cm³/mol. The number of pyridine rings is 1. The van der Waals surface area contributed by atoms with E-state index in [0.717, 1.165) is 18.4 Å². The summed E-state index contributed by atoms with van der Waals surface area (Å²) in [6.07, 6.45) is 5.02. The molecule has 2 aromatic heterocycles. The van der Waals surface area contributed by atoms with Crippen molar-refractivity contribution in [3.8, 4) is 5.75 Å². The average molecular weight is 406 g/mol. The third-order valence-corrected chi connectivity index (χ3v) is 5.14. The smallest absolute Gasteiger partial charge is 0.273 e. The van der Waals surface area contributed by atoms with Crippen molar-refractivity contribution in [3.63, 3.8) is 0 Å². The first kappa shape index (κ1) is 19.6. The number of likely N-dealkylation sites (tertiary alicyclic amines) is 1. The number of hydrogen-bond acceptors (Lipinski definition) is 6. The van der Waals surface area contributed by atoms with E-state index in [2.05, 4.69) is 15.5 Å². The van der Waals surface area contributed by atoms with Gasteiger partial charge in [0.1, 0.15) is 11.5 Å². The van der Waals surface area contributed by atoms with E-state index in [1.807, 2.05) is 12.1 Å². The first-order chi connectivity index (χ1) is 14.6. The summed E-state index contributed by atoms with van der Waals surface area (Å²) in [5, 5.41) is 16.3. The van der Waals surface area contributed by atoms with Crippen molar-refractivity contribution in [2.75, 3.05) is 13.1 Å². The number of amides is 2. The van der Waals surface area contributed by atoms with Gasteiger partial charge in [0, 0.05) is 49.6 Å². The Bertz CT molecular complexity index is 1030. The highest BCUT2D eigenvalue weighted by molar-refractivity contribution is 5.94. The van der Waals surface area contributed by atoms with Gasteiger partial charge in [-0.25, -0.2) is 0 Å². The van der Waals surface area contributed by atoms with Crippen molar-refractivity contribution < 1.29 is 19.2 Å². The molecule has 4 rings (SSSR count). The van der Waals surface area contributed by atoms with Crippen LogP contribution in [0.15, 0.2) is 59.4 Å². The van der Waals surface area contributed by atoms with Crippen LogP contribution in [0.1, 0.15) is 50.9 Å². The van der Waals surface area contributed by atoms with Gasteiger partial charge in [0.2, 0.25) is 0 Å². The lowest BCUT2D eigenvalue weighted by Gasteiger charge is -2.31. The van der Waals surface area contributed by atoms with Gasteiger partial charge in [0.25, 0.3) is 11.8 Å². The SMILES string of the molecule is O=C(NCc1cccnc1)c1cc(C2CCCN(C(=O)c3cccc(O)c3)C2)on1. The molecule has 1 aliphatic heterocycles. The molecule has 8 heteroatoms. The van der Waals surface area contributed by atoms with Gasteiger partial charge >= 0.3 is 0 Å². The minimum Gasteiger partial charge on any atom is -0.508 e. The Balaban J connectivity index is 1.39. The van der Waals surface area contributed by atoms with Crippen molar-refractivity contribution in [3.05, 3.63) is 77.4 Å². The van der Waals surface area contributed by atoms with E-state index in [4.69, 9.17) is 4.52 Å². The zero-order valence-corrected chi connectivity index (χ0v) is 16.3. The first-order valence-electron chi connectivity index (χ1n) is 9.82. The topological polar surface area (TPSA) is 109 Å². The molecule has 3 heterocycles. The van der Waals surface area contributed by atoms with Gasteiger partial charge in [0.15, 0.2) is 5.69 Å². The van der Waals surface area contributed by atoms with Crippen LogP contribution in [0.3, 0.4) is 0 Å². The van der Waals surface area contributed by atoms with E-state index in [9.17, 15) is 14.7 Å². The fourth-order valence-electron chi connectivity index (χ4n) is 3.58. The van der Waals surface area contributed by atoms with E-state index in [1.165, 1.54) is 12.1 Å². The fraction of sp³-hybridized carbons (Fsp3) is 0.273. The van der Waals surface area contributed by atoms with Crippen LogP contribution in [-0.2, 0) is 6.54 Å². The second kappa shape index (κ2) is 8.77. The lowest BCUT2D eigenvalue weighted by molar-refractivity contribution is 0.0697. The van der Waals surface area contributed by atoms with Gasteiger partial charge in [-0.3, -0.25) is 14.6 Å². The molecule has 1 aliphatic rings. The number of rotatable bonds is 5. The van der Waals surface area contributed by atoms with Crippen LogP contribution in [0.2, 0.25) is 0 Å². The standard InChI is InChI=1S/C22H22N4O4/c27-18-7-1-5-16(10-18)22(29)26-9-3-6-17(14-26)20-11-19(25-30-20)21(28)24-13-15-4-2-8-23-12-15/h1-2,4-5,7-8,10-12,17,27H,3,6,9,13-14H2,(H,24,28). The van der Waals surface area contributed by atoms with Crippen molar-refractivity contribution >= 4 is 11.8 Å². The molecule has 1 atom stereocenters. The second-order valence-electron chi connectivity index (χ2n) is 7.30. The number of carbonyl (C=O) groups is 2. The molecule has 0 spiro atoms. The van der Waals surface area contributed by atoms with Gasteiger partial charge < -0.3 is 19.8 Å². The molecule has 3 aromatic rings. The summed E-state index contributed by atoms with van der Waals surface area (Å²) >= 11 is 0. The number of piperidine rings is 1. The van der Waals surface area contributed by atoms with Crippen LogP contribution in [0.4, 0.5) is 0 Å². The van der Waals surface area contributed by atoms with E-state index in [0.29, 0.717) is 31.0 Å². The normalized spacial score (nSPS) is 16.3. The van der Waals surface area contributed by atoms with Gasteiger partial charge in [-0.15, -0.1) is 0 Å². The van der Waals surface area contributed by atoms with Crippen molar-refractivity contribution in [2.45, 2.75) is 25.3 Å². The quantitative estimate of drug-likeness (QED) is 0.674. The monoisotopic (exact) mass is 406 g/mol. The molecular weight excluding hydrogens is 384 g/mol. The predicted octanol–water partition coefficient (Wildman–Crippen LogP) is 2.73. The van der Waals surface area contributed by atoms with Crippen molar-refractivity contribution in [2.24, 2.45) is 0 Å². The Morgan fingerprint density at radius 2 is 2.13 bits per heavy atom. The van der Waals surface area contributed by atoms with E-state index in [-0.39, 0.29) is 29.2 Å². The Kier molecular flexibility index (Phi) is 5.74.